The molecule has 1 atom stereocenters. The molecule has 0 radical (unpaired) electrons. The van der Waals surface area contributed by atoms with Crippen molar-refractivity contribution in [3.63, 3.8) is 0 Å². The second-order valence-corrected chi connectivity index (χ2v) is 6.10. The molecule has 110 valence electrons. The molecular weight excluding hydrogens is 242 g/mol. The fourth-order valence-corrected chi connectivity index (χ4v) is 2.59. The van der Waals surface area contributed by atoms with Crippen molar-refractivity contribution in [2.75, 3.05) is 13.6 Å². The molecule has 0 bridgehead atoms. The molecule has 1 fully saturated rings. The maximum absolute atomic E-state index is 12.1. The van der Waals surface area contributed by atoms with Crippen molar-refractivity contribution in [2.24, 2.45) is 17.1 Å². The van der Waals surface area contributed by atoms with Crippen molar-refractivity contribution in [1.29, 1.82) is 0 Å². The maximum atomic E-state index is 12.1. The van der Waals surface area contributed by atoms with Gasteiger partial charge in [-0.2, -0.15) is 0 Å². The summed E-state index contributed by atoms with van der Waals surface area (Å²) in [5.41, 5.74) is 5.74. The third-order valence-corrected chi connectivity index (χ3v) is 3.99. The third-order valence-electron chi connectivity index (χ3n) is 3.99. The molecule has 0 spiro atoms. The van der Waals surface area contributed by atoms with Gasteiger partial charge in [0.1, 0.15) is 6.04 Å². The van der Waals surface area contributed by atoms with Crippen molar-refractivity contribution >= 4 is 11.8 Å². The first-order valence-corrected chi connectivity index (χ1v) is 7.13. The molecule has 1 aliphatic rings. The smallest absolute Gasteiger partial charge is 0.242 e. The molecule has 0 heterocycles. The van der Waals surface area contributed by atoms with E-state index >= 15 is 0 Å². The molecule has 0 aromatic carbocycles. The van der Waals surface area contributed by atoms with Crippen LogP contribution in [0.1, 0.15) is 46.0 Å². The highest BCUT2D eigenvalue weighted by molar-refractivity contribution is 5.87. The largest absolute Gasteiger partial charge is 0.357 e. The van der Waals surface area contributed by atoms with Crippen LogP contribution in [0.5, 0.6) is 0 Å². The van der Waals surface area contributed by atoms with Gasteiger partial charge in [-0.05, 0) is 37.1 Å². The lowest BCUT2D eigenvalue weighted by Gasteiger charge is -2.40. The van der Waals surface area contributed by atoms with E-state index in [-0.39, 0.29) is 17.2 Å². The summed E-state index contributed by atoms with van der Waals surface area (Å²) in [7, 11) is 1.59. The molecular formula is C14H27N3O2. The average Bonchev–Trinajstić information content (AvgIpc) is 2.31. The summed E-state index contributed by atoms with van der Waals surface area (Å²) in [5.74, 6) is 0.173. The number of carbonyl (C=O) groups excluding carboxylic acids is 2. The Balaban J connectivity index is 2.53. The molecule has 5 heteroatoms. The predicted octanol–water partition coefficient (Wildman–Crippen LogP) is 0.782. The van der Waals surface area contributed by atoms with E-state index in [1.807, 2.05) is 13.8 Å². The van der Waals surface area contributed by atoms with Crippen molar-refractivity contribution in [2.45, 2.75) is 52.0 Å². The number of nitrogens with one attached hydrogen (secondary N) is 2. The Hall–Kier alpha value is -1.10. The van der Waals surface area contributed by atoms with Gasteiger partial charge in [0.2, 0.25) is 11.8 Å². The Labute approximate surface area is 115 Å². The zero-order chi connectivity index (χ0) is 14.5. The maximum Gasteiger partial charge on any atom is 0.242 e. The summed E-state index contributed by atoms with van der Waals surface area (Å²) in [5, 5.41) is 5.45. The van der Waals surface area contributed by atoms with Gasteiger partial charge < -0.3 is 16.4 Å². The van der Waals surface area contributed by atoms with Crippen LogP contribution in [0, 0.1) is 11.3 Å². The minimum atomic E-state index is -0.438. The third kappa shape index (κ3) is 4.49. The second-order valence-electron chi connectivity index (χ2n) is 6.10. The van der Waals surface area contributed by atoms with Gasteiger partial charge >= 0.3 is 0 Å². The highest BCUT2D eigenvalue weighted by Gasteiger charge is 2.38. The lowest BCUT2D eigenvalue weighted by molar-refractivity contribution is -0.131. The van der Waals surface area contributed by atoms with E-state index in [1.54, 1.807) is 7.05 Å². The molecule has 4 N–H and O–H groups in total. The van der Waals surface area contributed by atoms with Gasteiger partial charge in [0, 0.05) is 13.5 Å². The minimum Gasteiger partial charge on any atom is -0.357 e. The Morgan fingerprint density at radius 2 is 1.95 bits per heavy atom. The lowest BCUT2D eigenvalue weighted by atomic mass is 9.66. The van der Waals surface area contributed by atoms with Gasteiger partial charge in [0.25, 0.3) is 0 Å². The van der Waals surface area contributed by atoms with Crippen molar-refractivity contribution in [3.05, 3.63) is 0 Å². The number of carbonyl (C=O) groups is 2. The number of rotatable bonds is 7. The summed E-state index contributed by atoms with van der Waals surface area (Å²) >= 11 is 0. The van der Waals surface area contributed by atoms with Crippen LogP contribution in [-0.2, 0) is 9.59 Å². The van der Waals surface area contributed by atoms with Gasteiger partial charge in [-0.25, -0.2) is 0 Å². The number of nitrogens with two attached hydrogens (primary N) is 1. The van der Waals surface area contributed by atoms with E-state index in [4.69, 9.17) is 5.73 Å². The quantitative estimate of drug-likeness (QED) is 0.638. The van der Waals surface area contributed by atoms with Crippen LogP contribution in [0.2, 0.25) is 0 Å². The molecule has 0 aromatic heterocycles. The predicted molar refractivity (Wildman–Crippen MR) is 75.4 cm³/mol. The van der Waals surface area contributed by atoms with E-state index < -0.39 is 6.04 Å². The fraction of sp³-hybridized carbons (Fsp3) is 0.857. The zero-order valence-electron chi connectivity index (χ0n) is 12.3. The first-order chi connectivity index (χ1) is 8.92. The summed E-state index contributed by atoms with van der Waals surface area (Å²) in [6.07, 6.45) is 4.28. The van der Waals surface area contributed by atoms with Crippen LogP contribution in [0.4, 0.5) is 0 Å². The minimum absolute atomic E-state index is 0.0187. The van der Waals surface area contributed by atoms with Gasteiger partial charge in [-0.15, -0.1) is 0 Å². The van der Waals surface area contributed by atoms with Gasteiger partial charge in [0.05, 0.1) is 0 Å². The summed E-state index contributed by atoms with van der Waals surface area (Å²) in [4.78, 5) is 23.8. The van der Waals surface area contributed by atoms with Crippen LogP contribution < -0.4 is 16.4 Å². The van der Waals surface area contributed by atoms with Gasteiger partial charge in [-0.3, -0.25) is 9.59 Å². The zero-order valence-corrected chi connectivity index (χ0v) is 12.3. The van der Waals surface area contributed by atoms with E-state index in [1.165, 1.54) is 0 Å². The highest BCUT2D eigenvalue weighted by atomic mass is 16.2. The number of hydrogen-bond acceptors (Lipinski definition) is 3. The Morgan fingerprint density at radius 3 is 2.32 bits per heavy atom. The second kappa shape index (κ2) is 6.89. The van der Waals surface area contributed by atoms with E-state index in [0.29, 0.717) is 25.3 Å². The fourth-order valence-electron chi connectivity index (χ4n) is 2.59. The van der Waals surface area contributed by atoms with Crippen LogP contribution in [0.25, 0.3) is 0 Å². The lowest BCUT2D eigenvalue weighted by Crippen LogP contribution is -2.49. The SMILES string of the molecule is CNC(=O)C(CC(C)C)NC(=O)CC1(CN)CCC1. The molecule has 0 saturated heterocycles. The first-order valence-electron chi connectivity index (χ1n) is 7.13. The standard InChI is InChI=1S/C14H27N3O2/c1-10(2)7-11(13(19)16-3)17-12(18)8-14(9-15)5-4-6-14/h10-11H,4-9,15H2,1-3H3,(H,16,19)(H,17,18). The van der Waals surface area contributed by atoms with Gasteiger partial charge in [0.15, 0.2) is 0 Å². The summed E-state index contributed by atoms with van der Waals surface area (Å²) in [6, 6.07) is -0.438. The van der Waals surface area contributed by atoms with E-state index in [2.05, 4.69) is 10.6 Å². The molecule has 1 unspecified atom stereocenters. The molecule has 0 aromatic rings. The molecule has 2 amide bonds. The number of amides is 2. The van der Waals surface area contributed by atoms with Crippen LogP contribution >= 0.6 is 0 Å². The monoisotopic (exact) mass is 269 g/mol. The molecule has 1 aliphatic carbocycles. The Morgan fingerprint density at radius 1 is 1.32 bits per heavy atom. The van der Waals surface area contributed by atoms with Crippen LogP contribution in [-0.4, -0.2) is 31.4 Å². The average molecular weight is 269 g/mol. The van der Waals surface area contributed by atoms with Crippen molar-refractivity contribution in [3.8, 4) is 0 Å². The molecule has 0 aliphatic heterocycles. The van der Waals surface area contributed by atoms with Crippen molar-refractivity contribution < 1.29 is 9.59 Å². The molecule has 1 saturated carbocycles. The van der Waals surface area contributed by atoms with Crippen molar-refractivity contribution in [1.82, 2.24) is 10.6 Å². The Kier molecular flexibility index (Phi) is 5.79. The van der Waals surface area contributed by atoms with E-state index in [0.717, 1.165) is 19.3 Å². The van der Waals surface area contributed by atoms with Crippen LogP contribution in [0.3, 0.4) is 0 Å². The normalized spacial score (nSPS) is 18.6. The first kappa shape index (κ1) is 16.0. The van der Waals surface area contributed by atoms with Gasteiger partial charge in [-0.1, -0.05) is 20.3 Å². The molecule has 19 heavy (non-hydrogen) atoms. The van der Waals surface area contributed by atoms with Crippen LogP contribution in [0.15, 0.2) is 0 Å². The number of likely N-dealkylation sites (N-methyl/N-ethyl adjacent to an activating group) is 1. The molecule has 1 rings (SSSR count). The highest BCUT2D eigenvalue weighted by Crippen LogP contribution is 2.42. The Bertz CT molecular complexity index is 319. The molecule has 5 nitrogen and oxygen atoms in total. The summed E-state index contributed by atoms with van der Waals surface area (Å²) in [6.45, 7) is 4.63. The number of hydrogen-bond donors (Lipinski definition) is 3. The topological polar surface area (TPSA) is 84.2 Å². The summed E-state index contributed by atoms with van der Waals surface area (Å²) < 4.78 is 0. The van der Waals surface area contributed by atoms with E-state index in [9.17, 15) is 9.59 Å².